The summed E-state index contributed by atoms with van der Waals surface area (Å²) in [5.41, 5.74) is 0.632. The van der Waals surface area contributed by atoms with Gasteiger partial charge in [0.05, 0.1) is 6.61 Å². The van der Waals surface area contributed by atoms with Gasteiger partial charge in [-0.1, -0.05) is 0 Å². The molecule has 1 amide bonds. The number of aliphatic hydroxyl groups excluding tert-OH is 1. The first kappa shape index (κ1) is 10.8. The highest BCUT2D eigenvalue weighted by Crippen LogP contribution is 2.02. The Morgan fingerprint density at radius 2 is 2.43 bits per heavy atom. The molecule has 1 aromatic rings. The molecule has 1 heterocycles. The normalized spacial score (nSPS) is 12.5. The topological polar surface area (TPSA) is 54.3 Å². The first-order valence-electron chi connectivity index (χ1n) is 4.76. The van der Waals surface area contributed by atoms with E-state index < -0.39 is 0 Å². The van der Waals surface area contributed by atoms with Crippen LogP contribution in [0.5, 0.6) is 0 Å². The van der Waals surface area contributed by atoms with Crippen LogP contribution in [0.4, 0.5) is 0 Å². The zero-order valence-electron chi connectivity index (χ0n) is 8.53. The highest BCUT2D eigenvalue weighted by molar-refractivity contribution is 5.92. The van der Waals surface area contributed by atoms with Crippen LogP contribution in [0.3, 0.4) is 0 Å². The molecule has 0 bridgehead atoms. The van der Waals surface area contributed by atoms with Gasteiger partial charge >= 0.3 is 0 Å². The molecule has 4 nitrogen and oxygen atoms in total. The second-order valence-electron chi connectivity index (χ2n) is 3.24. The SMILES string of the molecule is CCn1cccc1C(=O)N[C@@H](C)CO. The molecule has 1 rings (SSSR count). The van der Waals surface area contributed by atoms with Crippen molar-refractivity contribution in [1.29, 1.82) is 0 Å². The first-order chi connectivity index (χ1) is 6.69. The van der Waals surface area contributed by atoms with Gasteiger partial charge in [-0.15, -0.1) is 0 Å². The quantitative estimate of drug-likeness (QED) is 0.741. The molecule has 1 atom stereocenters. The zero-order valence-corrected chi connectivity index (χ0v) is 8.53. The predicted octanol–water partition coefficient (Wildman–Crippen LogP) is 0.619. The lowest BCUT2D eigenvalue weighted by atomic mass is 10.3. The van der Waals surface area contributed by atoms with E-state index >= 15 is 0 Å². The fourth-order valence-electron chi connectivity index (χ4n) is 1.24. The minimum Gasteiger partial charge on any atom is -0.394 e. The van der Waals surface area contributed by atoms with Crippen molar-refractivity contribution in [3.63, 3.8) is 0 Å². The molecule has 0 unspecified atom stereocenters. The molecule has 78 valence electrons. The van der Waals surface area contributed by atoms with Crippen molar-refractivity contribution in [3.8, 4) is 0 Å². The van der Waals surface area contributed by atoms with Crippen LogP contribution in [-0.2, 0) is 6.54 Å². The van der Waals surface area contributed by atoms with E-state index in [0.717, 1.165) is 6.54 Å². The maximum Gasteiger partial charge on any atom is 0.268 e. The molecule has 1 aromatic heterocycles. The number of hydrogen-bond acceptors (Lipinski definition) is 2. The molecule has 0 aromatic carbocycles. The average molecular weight is 196 g/mol. The van der Waals surface area contributed by atoms with Crippen molar-refractivity contribution >= 4 is 5.91 Å². The van der Waals surface area contributed by atoms with Crippen LogP contribution in [0, 0.1) is 0 Å². The van der Waals surface area contributed by atoms with Gasteiger partial charge < -0.3 is 15.0 Å². The number of aliphatic hydroxyl groups is 1. The lowest BCUT2D eigenvalue weighted by Crippen LogP contribution is -2.36. The van der Waals surface area contributed by atoms with Gasteiger partial charge in [0.2, 0.25) is 0 Å². The van der Waals surface area contributed by atoms with E-state index in [0.29, 0.717) is 5.69 Å². The van der Waals surface area contributed by atoms with Gasteiger partial charge in [-0.25, -0.2) is 0 Å². The first-order valence-corrected chi connectivity index (χ1v) is 4.76. The van der Waals surface area contributed by atoms with E-state index in [1.165, 1.54) is 0 Å². The Kier molecular flexibility index (Phi) is 3.71. The number of aromatic nitrogens is 1. The summed E-state index contributed by atoms with van der Waals surface area (Å²) in [6.45, 7) is 4.46. The number of nitrogens with one attached hydrogen (secondary N) is 1. The summed E-state index contributed by atoms with van der Waals surface area (Å²) in [7, 11) is 0. The van der Waals surface area contributed by atoms with E-state index in [2.05, 4.69) is 5.32 Å². The summed E-state index contributed by atoms with van der Waals surface area (Å²) >= 11 is 0. The van der Waals surface area contributed by atoms with Crippen molar-refractivity contribution in [2.75, 3.05) is 6.61 Å². The Hall–Kier alpha value is -1.29. The van der Waals surface area contributed by atoms with E-state index in [1.54, 1.807) is 13.0 Å². The van der Waals surface area contributed by atoms with Crippen molar-refractivity contribution in [2.45, 2.75) is 26.4 Å². The van der Waals surface area contributed by atoms with E-state index in [-0.39, 0.29) is 18.6 Å². The fourth-order valence-corrected chi connectivity index (χ4v) is 1.24. The zero-order chi connectivity index (χ0) is 10.6. The molecule has 0 saturated heterocycles. The summed E-state index contributed by atoms with van der Waals surface area (Å²) in [5.74, 6) is -0.140. The monoisotopic (exact) mass is 196 g/mol. The van der Waals surface area contributed by atoms with Gasteiger partial charge in [-0.05, 0) is 26.0 Å². The molecule has 0 aliphatic carbocycles. The Bertz CT molecular complexity index is 307. The van der Waals surface area contributed by atoms with Crippen molar-refractivity contribution in [2.24, 2.45) is 0 Å². The molecule has 0 fully saturated rings. The molecule has 0 radical (unpaired) electrons. The Morgan fingerprint density at radius 1 is 1.71 bits per heavy atom. The van der Waals surface area contributed by atoms with Crippen molar-refractivity contribution in [1.82, 2.24) is 9.88 Å². The van der Waals surface area contributed by atoms with Crippen molar-refractivity contribution < 1.29 is 9.90 Å². The second-order valence-corrected chi connectivity index (χ2v) is 3.24. The van der Waals surface area contributed by atoms with E-state index in [4.69, 9.17) is 5.11 Å². The lowest BCUT2D eigenvalue weighted by Gasteiger charge is -2.11. The van der Waals surface area contributed by atoms with Crippen LogP contribution in [0.1, 0.15) is 24.3 Å². The molecule has 14 heavy (non-hydrogen) atoms. The number of nitrogens with zero attached hydrogens (tertiary/aromatic N) is 1. The smallest absolute Gasteiger partial charge is 0.268 e. The van der Waals surface area contributed by atoms with E-state index in [9.17, 15) is 4.79 Å². The fraction of sp³-hybridized carbons (Fsp3) is 0.500. The third-order valence-electron chi connectivity index (χ3n) is 2.05. The predicted molar refractivity (Wildman–Crippen MR) is 54.1 cm³/mol. The highest BCUT2D eigenvalue weighted by atomic mass is 16.3. The molecule has 0 aliphatic heterocycles. The maximum atomic E-state index is 11.6. The Balaban J connectivity index is 2.69. The van der Waals surface area contributed by atoms with Crippen LogP contribution in [0.25, 0.3) is 0 Å². The maximum absolute atomic E-state index is 11.6. The number of hydrogen-bond donors (Lipinski definition) is 2. The third kappa shape index (κ3) is 2.35. The van der Waals surface area contributed by atoms with Crippen LogP contribution in [-0.4, -0.2) is 28.2 Å². The largest absolute Gasteiger partial charge is 0.394 e. The summed E-state index contributed by atoms with van der Waals surface area (Å²) in [6, 6.07) is 3.40. The number of aryl methyl sites for hydroxylation is 1. The van der Waals surface area contributed by atoms with E-state index in [1.807, 2.05) is 23.8 Å². The summed E-state index contributed by atoms with van der Waals surface area (Å²) in [5, 5.41) is 11.5. The van der Waals surface area contributed by atoms with Crippen LogP contribution in [0.15, 0.2) is 18.3 Å². The Morgan fingerprint density at radius 3 is 3.00 bits per heavy atom. The highest BCUT2D eigenvalue weighted by Gasteiger charge is 2.11. The number of rotatable bonds is 4. The number of carbonyl (C=O) groups excluding carboxylic acids is 1. The summed E-state index contributed by atoms with van der Waals surface area (Å²) < 4.78 is 1.86. The third-order valence-corrected chi connectivity index (χ3v) is 2.05. The Labute approximate surface area is 83.5 Å². The number of carbonyl (C=O) groups is 1. The average Bonchev–Trinajstić information content (AvgIpc) is 2.65. The van der Waals surface area contributed by atoms with Gasteiger partial charge in [-0.2, -0.15) is 0 Å². The lowest BCUT2D eigenvalue weighted by molar-refractivity contribution is 0.0913. The summed E-state index contributed by atoms with van der Waals surface area (Å²) in [4.78, 5) is 11.6. The summed E-state index contributed by atoms with van der Waals surface area (Å²) in [6.07, 6.45) is 1.86. The van der Waals surface area contributed by atoms with Gasteiger partial charge in [0.15, 0.2) is 0 Å². The molecular weight excluding hydrogens is 180 g/mol. The van der Waals surface area contributed by atoms with Crippen LogP contribution >= 0.6 is 0 Å². The van der Waals surface area contributed by atoms with Gasteiger partial charge in [-0.3, -0.25) is 4.79 Å². The minimum atomic E-state index is -0.206. The standard InChI is InChI=1S/C10H16N2O2/c1-3-12-6-4-5-9(12)10(14)11-8(2)7-13/h4-6,8,13H,3,7H2,1-2H3,(H,11,14)/t8-/m0/s1. The van der Waals surface area contributed by atoms with Crippen LogP contribution < -0.4 is 5.32 Å². The molecule has 2 N–H and O–H groups in total. The second kappa shape index (κ2) is 4.81. The van der Waals surface area contributed by atoms with Crippen LogP contribution in [0.2, 0.25) is 0 Å². The minimum absolute atomic E-state index is 0.0431. The van der Waals surface area contributed by atoms with Gasteiger partial charge in [0.25, 0.3) is 5.91 Å². The van der Waals surface area contributed by atoms with Gasteiger partial charge in [0.1, 0.15) is 5.69 Å². The molecule has 0 saturated carbocycles. The number of amides is 1. The molecule has 0 aliphatic rings. The van der Waals surface area contributed by atoms with Crippen molar-refractivity contribution in [3.05, 3.63) is 24.0 Å². The van der Waals surface area contributed by atoms with Gasteiger partial charge in [0, 0.05) is 18.8 Å². The molecule has 0 spiro atoms. The molecular formula is C10H16N2O2. The molecule has 4 heteroatoms.